The summed E-state index contributed by atoms with van der Waals surface area (Å²) in [5.74, 6) is 0. The lowest BCUT2D eigenvalue weighted by Crippen LogP contribution is -2.23. The molecule has 0 aliphatic carbocycles. The van der Waals surface area contributed by atoms with E-state index in [1.54, 1.807) is 0 Å². The van der Waals surface area contributed by atoms with Crippen molar-refractivity contribution >= 4 is 11.6 Å². The van der Waals surface area contributed by atoms with Crippen LogP contribution in [-0.2, 0) is 4.74 Å². The van der Waals surface area contributed by atoms with E-state index in [2.05, 4.69) is 25.2 Å². The van der Waals surface area contributed by atoms with Crippen LogP contribution in [0.2, 0.25) is 5.02 Å². The van der Waals surface area contributed by atoms with Crippen LogP contribution >= 0.6 is 11.6 Å². The van der Waals surface area contributed by atoms with Crippen molar-refractivity contribution in [3.05, 3.63) is 34.9 Å². The van der Waals surface area contributed by atoms with E-state index >= 15 is 0 Å². The molecule has 0 aromatic heterocycles. The van der Waals surface area contributed by atoms with Gasteiger partial charge in [-0.2, -0.15) is 0 Å². The number of halogens is 1. The smallest absolute Gasteiger partial charge is 0.0963 e. The number of likely N-dealkylation sites (N-methyl/N-ethyl adjacent to an activating group) is 1. The number of benzene rings is 1. The summed E-state index contributed by atoms with van der Waals surface area (Å²) in [5.41, 5.74) is 1.08. The van der Waals surface area contributed by atoms with E-state index in [1.165, 1.54) is 19.3 Å². The number of ether oxygens (including phenoxy) is 1. The lowest BCUT2D eigenvalue weighted by Gasteiger charge is -2.20. The van der Waals surface area contributed by atoms with Crippen LogP contribution in [0.25, 0.3) is 0 Å². The monoisotopic (exact) mass is 283 g/mol. The first-order chi connectivity index (χ1) is 9.29. The van der Waals surface area contributed by atoms with E-state index in [1.807, 2.05) is 18.2 Å². The first-order valence-electron chi connectivity index (χ1n) is 7.36. The van der Waals surface area contributed by atoms with Gasteiger partial charge in [-0.05, 0) is 19.0 Å². The predicted molar refractivity (Wildman–Crippen MR) is 82.8 cm³/mol. The summed E-state index contributed by atoms with van der Waals surface area (Å²) < 4.78 is 6.01. The van der Waals surface area contributed by atoms with Gasteiger partial charge in [0.2, 0.25) is 0 Å². The minimum Gasteiger partial charge on any atom is -0.372 e. The summed E-state index contributed by atoms with van der Waals surface area (Å²) >= 11 is 6.25. The second kappa shape index (κ2) is 10.2. The highest BCUT2D eigenvalue weighted by Crippen LogP contribution is 2.25. The molecule has 1 aromatic carbocycles. The van der Waals surface area contributed by atoms with Crippen molar-refractivity contribution in [3.8, 4) is 0 Å². The molecule has 0 saturated carbocycles. The molecule has 108 valence electrons. The van der Waals surface area contributed by atoms with Crippen LogP contribution < -0.4 is 5.32 Å². The van der Waals surface area contributed by atoms with E-state index in [9.17, 15) is 0 Å². The highest BCUT2D eigenvalue weighted by atomic mass is 35.5. The fraction of sp³-hybridized carbons (Fsp3) is 0.625. The minimum absolute atomic E-state index is 0.0512. The van der Waals surface area contributed by atoms with Crippen LogP contribution in [-0.4, -0.2) is 19.7 Å². The van der Waals surface area contributed by atoms with Crippen LogP contribution in [0.4, 0.5) is 0 Å². The fourth-order valence-electron chi connectivity index (χ4n) is 2.02. The summed E-state index contributed by atoms with van der Waals surface area (Å²) in [4.78, 5) is 0. The molecule has 3 heteroatoms. The molecule has 0 bridgehead atoms. The van der Waals surface area contributed by atoms with Crippen LogP contribution in [0.3, 0.4) is 0 Å². The van der Waals surface area contributed by atoms with Gasteiger partial charge in [0, 0.05) is 23.7 Å². The molecule has 0 aliphatic heterocycles. The van der Waals surface area contributed by atoms with E-state index in [4.69, 9.17) is 16.3 Å². The predicted octanol–water partition coefficient (Wildman–Crippen LogP) is 4.59. The van der Waals surface area contributed by atoms with Crippen molar-refractivity contribution in [1.29, 1.82) is 0 Å². The minimum atomic E-state index is 0.0512. The third-order valence-electron chi connectivity index (χ3n) is 3.15. The molecule has 1 aromatic rings. The highest BCUT2D eigenvalue weighted by molar-refractivity contribution is 6.31. The van der Waals surface area contributed by atoms with E-state index in [0.29, 0.717) is 0 Å². The molecule has 1 atom stereocenters. The molecule has 1 unspecified atom stereocenters. The second-order valence-electron chi connectivity index (χ2n) is 4.75. The van der Waals surface area contributed by atoms with Gasteiger partial charge in [-0.25, -0.2) is 0 Å². The van der Waals surface area contributed by atoms with Crippen LogP contribution in [0.5, 0.6) is 0 Å². The van der Waals surface area contributed by atoms with Gasteiger partial charge in [-0.15, -0.1) is 0 Å². The Kier molecular flexibility index (Phi) is 8.89. The zero-order chi connectivity index (χ0) is 13.9. The molecule has 0 amide bonds. The maximum absolute atomic E-state index is 6.25. The molecule has 0 fully saturated rings. The molecular formula is C16H26ClNO. The van der Waals surface area contributed by atoms with Crippen molar-refractivity contribution < 1.29 is 4.74 Å². The average Bonchev–Trinajstić information content (AvgIpc) is 2.43. The van der Waals surface area contributed by atoms with Crippen molar-refractivity contribution in [2.24, 2.45) is 0 Å². The third-order valence-corrected chi connectivity index (χ3v) is 3.49. The number of rotatable bonds is 10. The van der Waals surface area contributed by atoms with Crippen LogP contribution in [0.15, 0.2) is 24.3 Å². The second-order valence-corrected chi connectivity index (χ2v) is 5.16. The fourth-order valence-corrected chi connectivity index (χ4v) is 2.28. The summed E-state index contributed by atoms with van der Waals surface area (Å²) in [6.45, 7) is 6.89. The molecule has 19 heavy (non-hydrogen) atoms. The van der Waals surface area contributed by atoms with Gasteiger partial charge in [-0.3, -0.25) is 0 Å². The molecule has 0 spiro atoms. The normalized spacial score (nSPS) is 12.6. The number of hydrogen-bond acceptors (Lipinski definition) is 2. The van der Waals surface area contributed by atoms with Gasteiger partial charge in [0.05, 0.1) is 6.10 Å². The summed E-state index contributed by atoms with van der Waals surface area (Å²) in [7, 11) is 0. The Balaban J connectivity index is 2.49. The first-order valence-corrected chi connectivity index (χ1v) is 7.74. The van der Waals surface area contributed by atoms with E-state index < -0.39 is 0 Å². The highest BCUT2D eigenvalue weighted by Gasteiger charge is 2.14. The van der Waals surface area contributed by atoms with Crippen LogP contribution in [0, 0.1) is 0 Å². The van der Waals surface area contributed by atoms with Crippen molar-refractivity contribution in [1.82, 2.24) is 5.32 Å². The molecular weight excluding hydrogens is 258 g/mol. The lowest BCUT2D eigenvalue weighted by atomic mass is 10.1. The molecule has 0 radical (unpaired) electrons. The molecule has 0 heterocycles. The number of nitrogens with one attached hydrogen (secondary N) is 1. The van der Waals surface area contributed by atoms with Crippen LogP contribution in [0.1, 0.15) is 51.2 Å². The first kappa shape index (κ1) is 16.5. The molecule has 0 aliphatic rings. The molecule has 2 nitrogen and oxygen atoms in total. The molecule has 1 N–H and O–H groups in total. The quantitative estimate of drug-likeness (QED) is 0.634. The van der Waals surface area contributed by atoms with Gasteiger partial charge in [0.25, 0.3) is 0 Å². The van der Waals surface area contributed by atoms with Gasteiger partial charge in [-0.1, -0.05) is 62.9 Å². The Morgan fingerprint density at radius 2 is 1.95 bits per heavy atom. The topological polar surface area (TPSA) is 21.3 Å². The Bertz CT molecular complexity index is 343. The SMILES string of the molecule is CCCCCCOC(CNCC)c1ccccc1Cl. The van der Waals surface area contributed by atoms with Gasteiger partial charge < -0.3 is 10.1 Å². The Labute approximate surface area is 122 Å². The Hall–Kier alpha value is -0.570. The molecule has 0 saturated heterocycles. The Morgan fingerprint density at radius 1 is 1.16 bits per heavy atom. The summed E-state index contributed by atoms with van der Waals surface area (Å²) in [5, 5.41) is 4.13. The number of unbranched alkanes of at least 4 members (excludes halogenated alkanes) is 3. The van der Waals surface area contributed by atoms with Crippen molar-refractivity contribution in [2.75, 3.05) is 19.7 Å². The van der Waals surface area contributed by atoms with E-state index in [0.717, 1.165) is 36.7 Å². The number of hydrogen-bond donors (Lipinski definition) is 1. The standard InChI is InChI=1S/C16H26ClNO/c1-3-5-6-9-12-19-16(13-18-4-2)14-10-7-8-11-15(14)17/h7-8,10-11,16,18H,3-6,9,12-13H2,1-2H3. The zero-order valence-electron chi connectivity index (χ0n) is 12.1. The molecule has 1 rings (SSSR count). The zero-order valence-corrected chi connectivity index (χ0v) is 12.9. The van der Waals surface area contributed by atoms with Crippen molar-refractivity contribution in [3.63, 3.8) is 0 Å². The average molecular weight is 284 g/mol. The summed E-state index contributed by atoms with van der Waals surface area (Å²) in [6, 6.07) is 7.95. The van der Waals surface area contributed by atoms with Gasteiger partial charge in [0.1, 0.15) is 0 Å². The summed E-state index contributed by atoms with van der Waals surface area (Å²) in [6.07, 6.45) is 4.96. The Morgan fingerprint density at radius 3 is 2.63 bits per heavy atom. The third kappa shape index (κ3) is 6.42. The lowest BCUT2D eigenvalue weighted by molar-refractivity contribution is 0.0503. The maximum atomic E-state index is 6.25. The van der Waals surface area contributed by atoms with Gasteiger partial charge >= 0.3 is 0 Å². The van der Waals surface area contributed by atoms with Crippen molar-refractivity contribution in [2.45, 2.75) is 45.6 Å². The largest absolute Gasteiger partial charge is 0.372 e. The van der Waals surface area contributed by atoms with E-state index in [-0.39, 0.29) is 6.10 Å². The maximum Gasteiger partial charge on any atom is 0.0963 e. The van der Waals surface area contributed by atoms with Gasteiger partial charge in [0.15, 0.2) is 0 Å².